The molecule has 1 unspecified atom stereocenters. The van der Waals surface area contributed by atoms with Crippen LogP contribution >= 0.6 is 0 Å². The molecule has 0 saturated carbocycles. The average molecular weight is 289 g/mol. The Bertz CT molecular complexity index is 435. The summed E-state index contributed by atoms with van der Waals surface area (Å²) >= 11 is 0. The minimum Gasteiger partial charge on any atom is -0.354 e. The largest absolute Gasteiger partial charge is 0.354 e. The highest BCUT2D eigenvalue weighted by Crippen LogP contribution is 2.16. The Kier molecular flexibility index (Phi) is 6.21. The molecule has 1 heterocycles. The molecule has 0 radical (unpaired) electrons. The maximum Gasteiger partial charge on any atom is 0.241 e. The zero-order valence-electron chi connectivity index (χ0n) is 12.9. The van der Waals surface area contributed by atoms with E-state index in [1.165, 1.54) is 25.8 Å². The molecule has 1 saturated heterocycles. The van der Waals surface area contributed by atoms with Crippen LogP contribution in [0.25, 0.3) is 0 Å². The molecule has 21 heavy (non-hydrogen) atoms. The molecular formula is C17H27N3O. The second-order valence-electron chi connectivity index (χ2n) is 5.91. The molecule has 0 aromatic heterocycles. The van der Waals surface area contributed by atoms with E-state index in [9.17, 15) is 4.79 Å². The second-order valence-corrected chi connectivity index (χ2v) is 5.91. The van der Waals surface area contributed by atoms with E-state index in [-0.39, 0.29) is 5.91 Å². The van der Waals surface area contributed by atoms with Crippen molar-refractivity contribution in [3.05, 3.63) is 35.9 Å². The third-order valence-electron chi connectivity index (χ3n) is 4.30. The number of nitrogens with one attached hydrogen (secondary N) is 1. The number of carbonyl (C=O) groups is 1. The summed E-state index contributed by atoms with van der Waals surface area (Å²) in [5.74, 6) is -0.0899. The highest BCUT2D eigenvalue weighted by atomic mass is 16.2. The van der Waals surface area contributed by atoms with Gasteiger partial charge in [-0.15, -0.1) is 0 Å². The molecule has 1 aliphatic heterocycles. The molecule has 1 amide bonds. The van der Waals surface area contributed by atoms with Gasteiger partial charge in [0, 0.05) is 19.1 Å². The molecule has 4 nitrogen and oxygen atoms in total. The molecule has 4 heteroatoms. The van der Waals surface area contributed by atoms with Gasteiger partial charge in [-0.1, -0.05) is 36.8 Å². The van der Waals surface area contributed by atoms with E-state index in [0.717, 1.165) is 18.5 Å². The van der Waals surface area contributed by atoms with Gasteiger partial charge in [-0.25, -0.2) is 0 Å². The van der Waals surface area contributed by atoms with Crippen molar-refractivity contribution >= 4 is 5.91 Å². The summed E-state index contributed by atoms with van der Waals surface area (Å²) in [5, 5.41) is 2.94. The van der Waals surface area contributed by atoms with Crippen LogP contribution in [-0.2, 0) is 4.79 Å². The zero-order chi connectivity index (χ0) is 15.1. The second kappa shape index (κ2) is 8.15. The summed E-state index contributed by atoms with van der Waals surface area (Å²) in [7, 11) is 0. The zero-order valence-corrected chi connectivity index (χ0v) is 12.9. The molecule has 1 fully saturated rings. The number of nitrogens with zero attached hydrogens (tertiary/aromatic N) is 1. The maximum absolute atomic E-state index is 12.0. The van der Waals surface area contributed by atoms with Gasteiger partial charge in [-0.05, 0) is 38.3 Å². The highest BCUT2D eigenvalue weighted by Gasteiger charge is 2.18. The highest BCUT2D eigenvalue weighted by molar-refractivity contribution is 5.82. The number of rotatable bonds is 6. The number of piperidine rings is 1. The molecule has 2 rings (SSSR count). The van der Waals surface area contributed by atoms with E-state index in [0.29, 0.717) is 12.6 Å². The number of nitrogens with two attached hydrogens (primary N) is 1. The first kappa shape index (κ1) is 16.0. The van der Waals surface area contributed by atoms with Crippen LogP contribution in [0.4, 0.5) is 0 Å². The van der Waals surface area contributed by atoms with Crippen molar-refractivity contribution in [2.75, 3.05) is 19.6 Å². The fourth-order valence-electron chi connectivity index (χ4n) is 2.91. The number of hydrogen-bond acceptors (Lipinski definition) is 3. The SMILES string of the molecule is CC1CCCCN1CCCNC(=O)[C@H](N)c1ccccc1. The Labute approximate surface area is 127 Å². The third-order valence-corrected chi connectivity index (χ3v) is 4.30. The molecular weight excluding hydrogens is 262 g/mol. The van der Waals surface area contributed by atoms with Crippen molar-refractivity contribution in [3.63, 3.8) is 0 Å². The van der Waals surface area contributed by atoms with Gasteiger partial charge in [0.1, 0.15) is 6.04 Å². The quantitative estimate of drug-likeness (QED) is 0.788. The van der Waals surface area contributed by atoms with Crippen LogP contribution in [0.1, 0.15) is 44.2 Å². The fourth-order valence-corrected chi connectivity index (χ4v) is 2.91. The number of likely N-dealkylation sites (tertiary alicyclic amines) is 1. The van der Waals surface area contributed by atoms with Gasteiger partial charge in [0.2, 0.25) is 5.91 Å². The van der Waals surface area contributed by atoms with Crippen molar-refractivity contribution in [1.29, 1.82) is 0 Å². The number of hydrogen-bond donors (Lipinski definition) is 2. The maximum atomic E-state index is 12.0. The predicted octanol–water partition coefficient (Wildman–Crippen LogP) is 2.07. The van der Waals surface area contributed by atoms with E-state index in [2.05, 4.69) is 17.1 Å². The van der Waals surface area contributed by atoms with Gasteiger partial charge in [-0.3, -0.25) is 4.79 Å². The van der Waals surface area contributed by atoms with Crippen LogP contribution in [0, 0.1) is 0 Å². The van der Waals surface area contributed by atoms with Gasteiger partial charge in [0.05, 0.1) is 0 Å². The smallest absolute Gasteiger partial charge is 0.241 e. The monoisotopic (exact) mass is 289 g/mol. The topological polar surface area (TPSA) is 58.4 Å². The van der Waals surface area contributed by atoms with E-state index >= 15 is 0 Å². The summed E-state index contributed by atoms with van der Waals surface area (Å²) in [6, 6.07) is 9.62. The van der Waals surface area contributed by atoms with Crippen molar-refractivity contribution in [1.82, 2.24) is 10.2 Å². The molecule has 0 spiro atoms. The van der Waals surface area contributed by atoms with E-state index in [4.69, 9.17) is 5.73 Å². The Morgan fingerprint density at radius 1 is 1.38 bits per heavy atom. The molecule has 0 aliphatic carbocycles. The Morgan fingerprint density at radius 3 is 2.86 bits per heavy atom. The van der Waals surface area contributed by atoms with Crippen molar-refractivity contribution < 1.29 is 4.79 Å². The lowest BCUT2D eigenvalue weighted by atomic mass is 10.0. The van der Waals surface area contributed by atoms with Gasteiger partial charge in [0.15, 0.2) is 0 Å². The molecule has 0 bridgehead atoms. The first-order valence-corrected chi connectivity index (χ1v) is 8.01. The molecule has 2 atom stereocenters. The van der Waals surface area contributed by atoms with E-state index in [1.807, 2.05) is 30.3 Å². The summed E-state index contributed by atoms with van der Waals surface area (Å²) in [6.45, 7) is 5.24. The van der Waals surface area contributed by atoms with Crippen LogP contribution < -0.4 is 11.1 Å². The van der Waals surface area contributed by atoms with Crippen molar-refractivity contribution in [2.45, 2.75) is 44.7 Å². The summed E-state index contributed by atoms with van der Waals surface area (Å²) in [6.07, 6.45) is 4.93. The normalized spacial score (nSPS) is 21.0. The first-order valence-electron chi connectivity index (χ1n) is 8.01. The minimum absolute atomic E-state index is 0.0899. The van der Waals surface area contributed by atoms with Crippen LogP contribution in [0.5, 0.6) is 0 Å². The number of amides is 1. The summed E-state index contributed by atoms with van der Waals surface area (Å²) < 4.78 is 0. The summed E-state index contributed by atoms with van der Waals surface area (Å²) in [4.78, 5) is 14.5. The van der Waals surface area contributed by atoms with Gasteiger partial charge in [0.25, 0.3) is 0 Å². The fraction of sp³-hybridized carbons (Fsp3) is 0.588. The Hall–Kier alpha value is -1.39. The molecule has 116 valence electrons. The standard InChI is InChI=1S/C17H27N3O/c1-14-8-5-6-12-20(14)13-7-11-19-17(21)16(18)15-9-3-2-4-10-15/h2-4,9-10,14,16H,5-8,11-13,18H2,1H3,(H,19,21)/t14?,16-/m1/s1. The van der Waals surface area contributed by atoms with Crippen LogP contribution in [0.15, 0.2) is 30.3 Å². The van der Waals surface area contributed by atoms with Crippen LogP contribution in [0.3, 0.4) is 0 Å². The molecule has 1 aromatic carbocycles. The number of benzene rings is 1. The van der Waals surface area contributed by atoms with Crippen molar-refractivity contribution in [3.8, 4) is 0 Å². The average Bonchev–Trinajstić information content (AvgIpc) is 2.53. The van der Waals surface area contributed by atoms with Gasteiger partial charge >= 0.3 is 0 Å². The van der Waals surface area contributed by atoms with E-state index < -0.39 is 6.04 Å². The summed E-state index contributed by atoms with van der Waals surface area (Å²) in [5.41, 5.74) is 6.82. The number of carbonyl (C=O) groups excluding carboxylic acids is 1. The lowest BCUT2D eigenvalue weighted by Crippen LogP contribution is -2.40. The molecule has 3 N–H and O–H groups in total. The predicted molar refractivity (Wildman–Crippen MR) is 85.9 cm³/mol. The van der Waals surface area contributed by atoms with E-state index in [1.54, 1.807) is 0 Å². The van der Waals surface area contributed by atoms with Crippen molar-refractivity contribution in [2.24, 2.45) is 5.73 Å². The Morgan fingerprint density at radius 2 is 2.14 bits per heavy atom. The Balaban J connectivity index is 1.67. The first-order chi connectivity index (χ1) is 10.2. The van der Waals surface area contributed by atoms with Crippen LogP contribution in [0.2, 0.25) is 0 Å². The molecule has 1 aromatic rings. The lowest BCUT2D eigenvalue weighted by Gasteiger charge is -2.33. The third kappa shape index (κ3) is 4.83. The van der Waals surface area contributed by atoms with Gasteiger partial charge in [-0.2, -0.15) is 0 Å². The van der Waals surface area contributed by atoms with Crippen LogP contribution in [-0.4, -0.2) is 36.5 Å². The minimum atomic E-state index is -0.569. The van der Waals surface area contributed by atoms with Gasteiger partial charge < -0.3 is 16.0 Å². The molecule has 1 aliphatic rings. The lowest BCUT2D eigenvalue weighted by molar-refractivity contribution is -0.122.